The van der Waals surface area contributed by atoms with Crippen molar-refractivity contribution in [2.24, 2.45) is 5.92 Å². The molecule has 1 unspecified atom stereocenters. The molecule has 1 N–H and O–H groups in total. The van der Waals surface area contributed by atoms with Crippen LogP contribution >= 0.6 is 11.6 Å². The predicted molar refractivity (Wildman–Crippen MR) is 63.5 cm³/mol. The number of para-hydroxylation sites is 1. The SMILES string of the molecule is CC(C)C(CO)n1nnc2cccc(Cl)c21. The third-order valence-electron chi connectivity index (χ3n) is 2.71. The lowest BCUT2D eigenvalue weighted by atomic mass is 10.1. The first kappa shape index (κ1) is 11.4. The van der Waals surface area contributed by atoms with Crippen LogP contribution < -0.4 is 0 Å². The Morgan fingerprint density at radius 2 is 2.19 bits per heavy atom. The molecule has 1 aromatic heterocycles. The van der Waals surface area contributed by atoms with E-state index in [-0.39, 0.29) is 18.6 Å². The second-order valence-electron chi connectivity index (χ2n) is 4.14. The number of fused-ring (bicyclic) bond motifs is 1. The molecule has 1 atom stereocenters. The molecule has 86 valence electrons. The molecule has 0 bridgehead atoms. The quantitative estimate of drug-likeness (QED) is 0.894. The number of rotatable bonds is 3. The van der Waals surface area contributed by atoms with Crippen molar-refractivity contribution in [1.82, 2.24) is 15.0 Å². The highest BCUT2D eigenvalue weighted by Crippen LogP contribution is 2.26. The van der Waals surface area contributed by atoms with Crippen LogP contribution in [0.1, 0.15) is 19.9 Å². The van der Waals surface area contributed by atoms with E-state index in [1.54, 1.807) is 10.7 Å². The first-order valence-corrected chi connectivity index (χ1v) is 5.63. The molecule has 0 aliphatic rings. The summed E-state index contributed by atoms with van der Waals surface area (Å²) in [6.07, 6.45) is 0. The maximum atomic E-state index is 9.39. The molecule has 5 heteroatoms. The van der Waals surface area contributed by atoms with Gasteiger partial charge in [-0.2, -0.15) is 0 Å². The number of nitrogens with zero attached hydrogens (tertiary/aromatic N) is 3. The molecule has 0 aliphatic carbocycles. The van der Waals surface area contributed by atoms with Crippen LogP contribution in [0.4, 0.5) is 0 Å². The van der Waals surface area contributed by atoms with Gasteiger partial charge in [-0.1, -0.05) is 36.7 Å². The van der Waals surface area contributed by atoms with Gasteiger partial charge in [-0.25, -0.2) is 4.68 Å². The molecule has 2 rings (SSSR count). The van der Waals surface area contributed by atoms with E-state index in [2.05, 4.69) is 10.3 Å². The summed E-state index contributed by atoms with van der Waals surface area (Å²) < 4.78 is 1.71. The lowest BCUT2D eigenvalue weighted by Gasteiger charge is -2.19. The first-order chi connectivity index (χ1) is 7.65. The van der Waals surface area contributed by atoms with Gasteiger partial charge in [0, 0.05) is 0 Å². The van der Waals surface area contributed by atoms with Crippen molar-refractivity contribution < 1.29 is 5.11 Å². The number of hydrogen-bond acceptors (Lipinski definition) is 3. The number of aromatic nitrogens is 3. The number of hydrogen-bond donors (Lipinski definition) is 1. The number of benzene rings is 1. The highest BCUT2D eigenvalue weighted by Gasteiger charge is 2.19. The fourth-order valence-electron chi connectivity index (χ4n) is 1.76. The lowest BCUT2D eigenvalue weighted by Crippen LogP contribution is -2.20. The summed E-state index contributed by atoms with van der Waals surface area (Å²) in [6, 6.07) is 5.41. The van der Waals surface area contributed by atoms with Gasteiger partial charge in [0.05, 0.1) is 17.7 Å². The molecule has 0 saturated carbocycles. The molecule has 2 aromatic rings. The van der Waals surface area contributed by atoms with Crippen molar-refractivity contribution in [3.05, 3.63) is 23.2 Å². The van der Waals surface area contributed by atoms with Crippen molar-refractivity contribution in [2.75, 3.05) is 6.61 Å². The second kappa shape index (κ2) is 4.39. The van der Waals surface area contributed by atoms with Gasteiger partial charge in [0.15, 0.2) is 0 Å². The Kier molecular flexibility index (Phi) is 3.12. The maximum absolute atomic E-state index is 9.39. The van der Waals surface area contributed by atoms with Crippen LogP contribution in [-0.4, -0.2) is 26.7 Å². The summed E-state index contributed by atoms with van der Waals surface area (Å²) in [4.78, 5) is 0. The molecule has 0 spiro atoms. The summed E-state index contributed by atoms with van der Waals surface area (Å²) in [6.45, 7) is 4.10. The summed E-state index contributed by atoms with van der Waals surface area (Å²) in [5, 5.41) is 18.1. The Morgan fingerprint density at radius 3 is 2.81 bits per heavy atom. The van der Waals surface area contributed by atoms with Gasteiger partial charge in [-0.3, -0.25) is 0 Å². The summed E-state index contributed by atoms with van der Waals surface area (Å²) in [7, 11) is 0. The van der Waals surface area contributed by atoms with Gasteiger partial charge >= 0.3 is 0 Å². The average molecular weight is 240 g/mol. The van der Waals surface area contributed by atoms with Crippen molar-refractivity contribution in [1.29, 1.82) is 0 Å². The highest BCUT2D eigenvalue weighted by molar-refractivity contribution is 6.34. The number of aliphatic hydroxyl groups excluding tert-OH is 1. The zero-order valence-electron chi connectivity index (χ0n) is 9.26. The van der Waals surface area contributed by atoms with Gasteiger partial charge in [0.2, 0.25) is 0 Å². The molecule has 0 saturated heterocycles. The van der Waals surface area contributed by atoms with Crippen LogP contribution in [0.5, 0.6) is 0 Å². The molecule has 0 aliphatic heterocycles. The topological polar surface area (TPSA) is 50.9 Å². The van der Waals surface area contributed by atoms with Gasteiger partial charge in [-0.15, -0.1) is 5.10 Å². The average Bonchev–Trinajstić information content (AvgIpc) is 2.64. The van der Waals surface area contributed by atoms with Crippen LogP contribution in [0.25, 0.3) is 11.0 Å². The molecular weight excluding hydrogens is 226 g/mol. The minimum absolute atomic E-state index is 0.0291. The van der Waals surface area contributed by atoms with E-state index in [1.807, 2.05) is 26.0 Å². The highest BCUT2D eigenvalue weighted by atomic mass is 35.5. The Hall–Kier alpha value is -1.13. The van der Waals surface area contributed by atoms with Crippen LogP contribution in [0, 0.1) is 5.92 Å². The van der Waals surface area contributed by atoms with Gasteiger partial charge in [-0.05, 0) is 18.1 Å². The van der Waals surface area contributed by atoms with E-state index in [0.717, 1.165) is 11.0 Å². The third kappa shape index (κ3) is 1.79. The van der Waals surface area contributed by atoms with Crippen LogP contribution in [0.2, 0.25) is 5.02 Å². The minimum Gasteiger partial charge on any atom is -0.394 e. The monoisotopic (exact) mass is 239 g/mol. The van der Waals surface area contributed by atoms with Crippen LogP contribution in [0.3, 0.4) is 0 Å². The fourth-order valence-corrected chi connectivity index (χ4v) is 2.01. The Bertz CT molecular complexity index is 495. The molecule has 1 aromatic carbocycles. The smallest absolute Gasteiger partial charge is 0.114 e. The van der Waals surface area contributed by atoms with Crippen molar-refractivity contribution >= 4 is 22.6 Å². The Balaban J connectivity index is 2.60. The lowest BCUT2D eigenvalue weighted by molar-refractivity contribution is 0.184. The standard InChI is InChI=1S/C11H14ClN3O/c1-7(2)10(6-16)15-11-8(12)4-3-5-9(11)13-14-15/h3-5,7,10,16H,6H2,1-2H3. The molecule has 1 heterocycles. The largest absolute Gasteiger partial charge is 0.394 e. The fraction of sp³-hybridized carbons (Fsp3) is 0.455. The summed E-state index contributed by atoms with van der Waals surface area (Å²) >= 11 is 6.13. The normalized spacial score (nSPS) is 13.6. The summed E-state index contributed by atoms with van der Waals surface area (Å²) in [5.41, 5.74) is 1.54. The van der Waals surface area contributed by atoms with E-state index >= 15 is 0 Å². The van der Waals surface area contributed by atoms with Crippen molar-refractivity contribution in [3.8, 4) is 0 Å². The Labute approximate surface area is 98.8 Å². The van der Waals surface area contributed by atoms with Crippen LogP contribution in [0.15, 0.2) is 18.2 Å². The predicted octanol–water partition coefficient (Wildman–Crippen LogP) is 2.27. The molecule has 16 heavy (non-hydrogen) atoms. The van der Waals surface area contributed by atoms with Gasteiger partial charge in [0.25, 0.3) is 0 Å². The van der Waals surface area contributed by atoms with E-state index in [9.17, 15) is 5.11 Å². The van der Waals surface area contributed by atoms with Crippen molar-refractivity contribution in [2.45, 2.75) is 19.9 Å². The summed E-state index contributed by atoms with van der Waals surface area (Å²) in [5.74, 6) is 0.270. The van der Waals surface area contributed by atoms with E-state index in [0.29, 0.717) is 5.02 Å². The third-order valence-corrected chi connectivity index (χ3v) is 3.02. The van der Waals surface area contributed by atoms with E-state index < -0.39 is 0 Å². The van der Waals surface area contributed by atoms with E-state index in [1.165, 1.54) is 0 Å². The molecule has 0 fully saturated rings. The second-order valence-corrected chi connectivity index (χ2v) is 4.54. The van der Waals surface area contributed by atoms with Crippen LogP contribution in [-0.2, 0) is 0 Å². The molecule has 0 amide bonds. The molecular formula is C11H14ClN3O. The van der Waals surface area contributed by atoms with Gasteiger partial charge < -0.3 is 5.11 Å². The van der Waals surface area contributed by atoms with Gasteiger partial charge in [0.1, 0.15) is 11.0 Å². The molecule has 4 nitrogen and oxygen atoms in total. The number of halogens is 1. The number of aliphatic hydroxyl groups is 1. The Morgan fingerprint density at radius 1 is 1.44 bits per heavy atom. The van der Waals surface area contributed by atoms with E-state index in [4.69, 9.17) is 11.6 Å². The maximum Gasteiger partial charge on any atom is 0.114 e. The van der Waals surface area contributed by atoms with Crippen molar-refractivity contribution in [3.63, 3.8) is 0 Å². The minimum atomic E-state index is -0.0927. The molecule has 0 radical (unpaired) electrons. The first-order valence-electron chi connectivity index (χ1n) is 5.25. The zero-order chi connectivity index (χ0) is 11.7. The zero-order valence-corrected chi connectivity index (χ0v) is 10.0.